The molecule has 0 fully saturated rings. The molecule has 1 N–H and O–H groups in total. The molecule has 0 bridgehead atoms. The van der Waals surface area contributed by atoms with Crippen LogP contribution in [-0.4, -0.2) is 26.3 Å². The molecule has 0 radical (unpaired) electrons. The van der Waals surface area contributed by atoms with E-state index in [0.717, 1.165) is 33.6 Å². The van der Waals surface area contributed by atoms with Crippen molar-refractivity contribution in [3.8, 4) is 10.7 Å². The molecule has 0 spiro atoms. The molecule has 0 aliphatic heterocycles. The summed E-state index contributed by atoms with van der Waals surface area (Å²) in [7, 11) is 0. The van der Waals surface area contributed by atoms with Crippen LogP contribution in [0.2, 0.25) is 0 Å². The van der Waals surface area contributed by atoms with Gasteiger partial charge in [0, 0.05) is 6.54 Å². The van der Waals surface area contributed by atoms with E-state index in [4.69, 9.17) is 0 Å². The lowest BCUT2D eigenvalue weighted by Crippen LogP contribution is -2.04. The van der Waals surface area contributed by atoms with E-state index in [-0.39, 0.29) is 5.82 Å². The minimum atomic E-state index is -0.240. The first kappa shape index (κ1) is 14.6. The summed E-state index contributed by atoms with van der Waals surface area (Å²) < 4.78 is 14.8. The van der Waals surface area contributed by atoms with Crippen LogP contribution in [0.25, 0.3) is 10.7 Å². The summed E-state index contributed by atoms with van der Waals surface area (Å²) in [5.74, 6) is 0.541. The molecule has 0 unspecified atom stereocenters. The highest BCUT2D eigenvalue weighted by Gasteiger charge is 2.15. The average molecular weight is 317 g/mol. The van der Waals surface area contributed by atoms with Gasteiger partial charge in [-0.2, -0.15) is 5.10 Å². The molecule has 3 aromatic rings. The van der Waals surface area contributed by atoms with Crippen LogP contribution in [0.15, 0.2) is 30.6 Å². The maximum atomic E-state index is 13.0. The molecule has 0 aliphatic carbocycles. The Morgan fingerprint density at radius 1 is 1.27 bits per heavy atom. The van der Waals surface area contributed by atoms with Crippen LogP contribution in [0.4, 0.5) is 9.52 Å². The molecule has 2 aromatic heterocycles. The Morgan fingerprint density at radius 2 is 2.05 bits per heavy atom. The molecule has 0 saturated carbocycles. The van der Waals surface area contributed by atoms with Gasteiger partial charge < -0.3 is 5.32 Å². The molecule has 0 atom stereocenters. The molecule has 0 amide bonds. The monoisotopic (exact) mass is 317 g/mol. The number of halogens is 1. The molecule has 114 valence electrons. The van der Waals surface area contributed by atoms with Crippen LogP contribution in [0.1, 0.15) is 18.2 Å². The largest absolute Gasteiger partial charge is 0.362 e. The highest BCUT2D eigenvalue weighted by Crippen LogP contribution is 2.31. The van der Waals surface area contributed by atoms with Crippen molar-refractivity contribution >= 4 is 16.5 Å². The third kappa shape index (κ3) is 2.99. The number of nitrogens with one attached hydrogen (secondary N) is 1. The highest BCUT2D eigenvalue weighted by molar-refractivity contribution is 7.19. The summed E-state index contributed by atoms with van der Waals surface area (Å²) in [6, 6.07) is 6.41. The minimum absolute atomic E-state index is 0.240. The van der Waals surface area contributed by atoms with Crippen LogP contribution in [0.3, 0.4) is 0 Å². The van der Waals surface area contributed by atoms with Gasteiger partial charge >= 0.3 is 0 Å². The molecule has 5 nitrogen and oxygen atoms in total. The summed E-state index contributed by atoms with van der Waals surface area (Å²) in [6.45, 7) is 5.37. The first-order chi connectivity index (χ1) is 10.7. The van der Waals surface area contributed by atoms with E-state index in [1.54, 1.807) is 23.5 Å². The van der Waals surface area contributed by atoms with Crippen molar-refractivity contribution in [1.29, 1.82) is 0 Å². The molecule has 7 heteroatoms. The topological polar surface area (TPSA) is 55.6 Å². The second-order valence-electron chi connectivity index (χ2n) is 4.83. The van der Waals surface area contributed by atoms with Gasteiger partial charge in [-0.05, 0) is 31.5 Å². The number of rotatable bonds is 5. The zero-order chi connectivity index (χ0) is 15.5. The van der Waals surface area contributed by atoms with E-state index in [9.17, 15) is 4.39 Å². The summed E-state index contributed by atoms with van der Waals surface area (Å²) >= 11 is 1.56. The number of hydrogen-bond acceptors (Lipinski definition) is 5. The summed E-state index contributed by atoms with van der Waals surface area (Å²) in [5, 5.41) is 8.37. The minimum Gasteiger partial charge on any atom is -0.362 e. The standard InChI is InChI=1S/C15H16FN5S/c1-3-17-15-20-10(2)13(22-15)14-18-9-19-21(14)8-11-4-6-12(16)7-5-11/h4-7,9H,3,8H2,1-2H3,(H,17,20). The first-order valence-corrected chi connectivity index (χ1v) is 7.83. The van der Waals surface area contributed by atoms with Gasteiger partial charge in [-0.3, -0.25) is 0 Å². The second kappa shape index (κ2) is 6.23. The molecule has 2 heterocycles. The average Bonchev–Trinajstić information content (AvgIpc) is 3.08. The van der Waals surface area contributed by atoms with Gasteiger partial charge in [0.05, 0.1) is 17.1 Å². The van der Waals surface area contributed by atoms with Gasteiger partial charge in [-0.1, -0.05) is 23.5 Å². The third-order valence-corrected chi connectivity index (χ3v) is 4.30. The number of aryl methyl sites for hydroxylation is 1. The smallest absolute Gasteiger partial charge is 0.183 e. The Bertz CT molecular complexity index is 763. The van der Waals surface area contributed by atoms with Gasteiger partial charge in [0.15, 0.2) is 11.0 Å². The molecule has 3 rings (SSSR count). The predicted molar refractivity (Wildman–Crippen MR) is 85.5 cm³/mol. The van der Waals surface area contributed by atoms with Crippen LogP contribution in [0, 0.1) is 12.7 Å². The lowest BCUT2D eigenvalue weighted by Gasteiger charge is -2.05. The Labute approximate surface area is 131 Å². The van der Waals surface area contributed by atoms with E-state index in [1.165, 1.54) is 18.5 Å². The van der Waals surface area contributed by atoms with Crippen molar-refractivity contribution in [3.05, 3.63) is 47.7 Å². The summed E-state index contributed by atoms with van der Waals surface area (Å²) in [4.78, 5) is 9.84. The molecule has 0 aliphatic rings. The van der Waals surface area contributed by atoms with E-state index < -0.39 is 0 Å². The normalized spacial score (nSPS) is 10.9. The van der Waals surface area contributed by atoms with Crippen molar-refractivity contribution in [2.75, 3.05) is 11.9 Å². The van der Waals surface area contributed by atoms with Gasteiger partial charge in [0.2, 0.25) is 0 Å². The van der Waals surface area contributed by atoms with Gasteiger partial charge in [0.1, 0.15) is 12.1 Å². The van der Waals surface area contributed by atoms with Gasteiger partial charge in [-0.15, -0.1) is 0 Å². The molecular weight excluding hydrogens is 301 g/mol. The number of benzene rings is 1. The van der Waals surface area contributed by atoms with Crippen molar-refractivity contribution in [2.45, 2.75) is 20.4 Å². The van der Waals surface area contributed by atoms with Gasteiger partial charge in [0.25, 0.3) is 0 Å². The zero-order valence-corrected chi connectivity index (χ0v) is 13.2. The number of nitrogens with zero attached hydrogens (tertiary/aromatic N) is 4. The second-order valence-corrected chi connectivity index (χ2v) is 5.83. The number of anilines is 1. The van der Waals surface area contributed by atoms with Gasteiger partial charge in [-0.25, -0.2) is 19.0 Å². The lowest BCUT2D eigenvalue weighted by molar-refractivity contribution is 0.624. The fourth-order valence-corrected chi connectivity index (χ4v) is 3.18. The predicted octanol–water partition coefficient (Wildman–Crippen LogP) is 3.33. The van der Waals surface area contributed by atoms with E-state index in [1.807, 2.05) is 18.5 Å². The Balaban J connectivity index is 1.90. The maximum absolute atomic E-state index is 13.0. The lowest BCUT2D eigenvalue weighted by atomic mass is 10.2. The summed E-state index contributed by atoms with van der Waals surface area (Å²) in [5.41, 5.74) is 1.90. The van der Waals surface area contributed by atoms with Crippen molar-refractivity contribution in [2.24, 2.45) is 0 Å². The molecule has 1 aromatic carbocycles. The fourth-order valence-electron chi connectivity index (χ4n) is 2.15. The first-order valence-electron chi connectivity index (χ1n) is 7.01. The highest BCUT2D eigenvalue weighted by atomic mass is 32.1. The van der Waals surface area contributed by atoms with Crippen LogP contribution >= 0.6 is 11.3 Å². The Kier molecular flexibility index (Phi) is 4.15. The quantitative estimate of drug-likeness (QED) is 0.784. The maximum Gasteiger partial charge on any atom is 0.183 e. The molecular formula is C15H16FN5S. The van der Waals surface area contributed by atoms with E-state index in [0.29, 0.717) is 6.54 Å². The van der Waals surface area contributed by atoms with Crippen LogP contribution in [0.5, 0.6) is 0 Å². The Hall–Kier alpha value is -2.28. The van der Waals surface area contributed by atoms with E-state index in [2.05, 4.69) is 20.4 Å². The fraction of sp³-hybridized carbons (Fsp3) is 0.267. The summed E-state index contributed by atoms with van der Waals surface area (Å²) in [6.07, 6.45) is 1.53. The van der Waals surface area contributed by atoms with Crippen LogP contribution in [-0.2, 0) is 6.54 Å². The number of hydrogen-bond donors (Lipinski definition) is 1. The number of thiazole rings is 1. The van der Waals surface area contributed by atoms with Crippen LogP contribution < -0.4 is 5.32 Å². The zero-order valence-electron chi connectivity index (χ0n) is 12.4. The molecule has 0 saturated heterocycles. The Morgan fingerprint density at radius 3 is 2.77 bits per heavy atom. The molecule has 22 heavy (non-hydrogen) atoms. The number of aromatic nitrogens is 4. The van der Waals surface area contributed by atoms with E-state index >= 15 is 0 Å². The van der Waals surface area contributed by atoms with Crippen molar-refractivity contribution < 1.29 is 4.39 Å². The van der Waals surface area contributed by atoms with Crippen molar-refractivity contribution in [3.63, 3.8) is 0 Å². The third-order valence-electron chi connectivity index (χ3n) is 3.19. The SMILES string of the molecule is CCNc1nc(C)c(-c2ncnn2Cc2ccc(F)cc2)s1. The van der Waals surface area contributed by atoms with Crippen molar-refractivity contribution in [1.82, 2.24) is 19.7 Å².